The molecular weight excluding hydrogens is 386 g/mol. The number of halogens is 1. The fourth-order valence-electron chi connectivity index (χ4n) is 3.94. The molecule has 2 heterocycles. The van der Waals surface area contributed by atoms with E-state index in [1.165, 1.54) is 0 Å². The summed E-state index contributed by atoms with van der Waals surface area (Å²) in [5.74, 6) is 0.205. The number of carbonyl (C=O) groups excluding carboxylic acids is 1. The third-order valence-corrected chi connectivity index (χ3v) is 5.83. The highest BCUT2D eigenvalue weighted by Crippen LogP contribution is 2.28. The van der Waals surface area contributed by atoms with Gasteiger partial charge in [-0.15, -0.1) is 0 Å². The molecule has 3 aromatic rings. The molecule has 0 radical (unpaired) electrons. The van der Waals surface area contributed by atoms with E-state index in [0.717, 1.165) is 22.8 Å². The highest BCUT2D eigenvalue weighted by molar-refractivity contribution is 6.33. The number of anilines is 1. The van der Waals surface area contributed by atoms with Gasteiger partial charge in [0.25, 0.3) is 5.91 Å². The number of aromatic nitrogens is 1. The van der Waals surface area contributed by atoms with Crippen molar-refractivity contribution in [1.82, 2.24) is 9.47 Å². The number of carbonyl (C=O) groups is 1. The lowest BCUT2D eigenvalue weighted by molar-refractivity contribution is 0.0747. The van der Waals surface area contributed by atoms with Crippen LogP contribution < -0.4 is 4.90 Å². The predicted molar refractivity (Wildman–Crippen MR) is 116 cm³/mol. The Morgan fingerprint density at radius 3 is 2.24 bits per heavy atom. The summed E-state index contributed by atoms with van der Waals surface area (Å²) in [7, 11) is 0. The van der Waals surface area contributed by atoms with Crippen molar-refractivity contribution < 1.29 is 9.90 Å². The van der Waals surface area contributed by atoms with Gasteiger partial charge in [-0.3, -0.25) is 4.79 Å². The Morgan fingerprint density at radius 1 is 0.931 bits per heavy atom. The second kappa shape index (κ2) is 7.84. The molecule has 0 bridgehead atoms. The van der Waals surface area contributed by atoms with Crippen LogP contribution in [0.15, 0.2) is 54.6 Å². The molecule has 6 heteroatoms. The van der Waals surface area contributed by atoms with Crippen LogP contribution in [-0.2, 0) is 0 Å². The zero-order valence-electron chi connectivity index (χ0n) is 16.6. The smallest absolute Gasteiger partial charge is 0.255 e. The van der Waals surface area contributed by atoms with Crippen LogP contribution >= 0.6 is 11.6 Å². The monoisotopic (exact) mass is 409 g/mol. The normalized spacial score (nSPS) is 14.3. The number of hydrogen-bond donors (Lipinski definition) is 1. The van der Waals surface area contributed by atoms with E-state index in [9.17, 15) is 9.90 Å². The average Bonchev–Trinajstić information content (AvgIpc) is 3.07. The van der Waals surface area contributed by atoms with E-state index in [0.29, 0.717) is 36.8 Å². The summed E-state index contributed by atoms with van der Waals surface area (Å²) in [5, 5.41) is 10.5. The van der Waals surface area contributed by atoms with Crippen LogP contribution in [0.5, 0.6) is 5.75 Å². The van der Waals surface area contributed by atoms with Crippen molar-refractivity contribution >= 4 is 23.2 Å². The number of nitrogens with zero attached hydrogens (tertiary/aromatic N) is 3. The Morgan fingerprint density at radius 2 is 1.59 bits per heavy atom. The van der Waals surface area contributed by atoms with E-state index in [1.807, 2.05) is 49.1 Å². The summed E-state index contributed by atoms with van der Waals surface area (Å²) in [6.45, 7) is 6.57. The maximum atomic E-state index is 13.2. The largest absolute Gasteiger partial charge is 0.506 e. The van der Waals surface area contributed by atoms with Crippen LogP contribution in [0.2, 0.25) is 5.02 Å². The van der Waals surface area contributed by atoms with Gasteiger partial charge in [0.15, 0.2) is 0 Å². The number of para-hydroxylation sites is 2. The fraction of sp³-hybridized carbons (Fsp3) is 0.261. The SMILES string of the molecule is Cc1ccc(C)n1-c1ccc(Cl)c(C(=O)N2CCN(c3ccccc3O)CC2)c1. The number of phenolic OH excluding ortho intramolecular Hbond substituents is 1. The number of hydrogen-bond acceptors (Lipinski definition) is 3. The third kappa shape index (κ3) is 3.70. The molecule has 5 nitrogen and oxygen atoms in total. The van der Waals surface area contributed by atoms with Gasteiger partial charge in [-0.05, 0) is 56.3 Å². The molecule has 1 fully saturated rings. The first-order chi connectivity index (χ1) is 14.0. The molecular formula is C23H24ClN3O2. The standard InChI is InChI=1S/C23H24ClN3O2/c1-16-7-8-17(2)27(16)18-9-10-20(24)19(15-18)23(29)26-13-11-25(12-14-26)21-5-3-4-6-22(21)28/h3-10,15,28H,11-14H2,1-2H3. The number of benzene rings is 2. The molecule has 1 N–H and O–H groups in total. The molecule has 0 aliphatic carbocycles. The van der Waals surface area contributed by atoms with Gasteiger partial charge in [0.2, 0.25) is 0 Å². The van der Waals surface area contributed by atoms with E-state index in [1.54, 1.807) is 12.1 Å². The molecule has 1 aliphatic heterocycles. The Kier molecular flexibility index (Phi) is 5.24. The van der Waals surface area contributed by atoms with Crippen LogP contribution in [-0.4, -0.2) is 46.7 Å². The van der Waals surface area contributed by atoms with Gasteiger partial charge in [0, 0.05) is 43.3 Å². The van der Waals surface area contributed by atoms with Crippen molar-refractivity contribution in [3.63, 3.8) is 0 Å². The summed E-state index contributed by atoms with van der Waals surface area (Å²) in [6.07, 6.45) is 0. The molecule has 0 atom stereocenters. The van der Waals surface area contributed by atoms with Gasteiger partial charge in [0.05, 0.1) is 16.3 Å². The molecule has 150 valence electrons. The highest BCUT2D eigenvalue weighted by Gasteiger charge is 2.25. The van der Waals surface area contributed by atoms with Gasteiger partial charge < -0.3 is 19.5 Å². The first-order valence-corrected chi connectivity index (χ1v) is 10.1. The van der Waals surface area contributed by atoms with E-state index < -0.39 is 0 Å². The van der Waals surface area contributed by atoms with Crippen molar-refractivity contribution in [2.75, 3.05) is 31.1 Å². The molecule has 1 aromatic heterocycles. The lowest BCUT2D eigenvalue weighted by Gasteiger charge is -2.36. The summed E-state index contributed by atoms with van der Waals surface area (Å²) < 4.78 is 2.11. The molecule has 1 aliphatic rings. The molecule has 2 aromatic carbocycles. The van der Waals surface area contributed by atoms with Crippen molar-refractivity contribution in [3.05, 3.63) is 76.6 Å². The molecule has 1 saturated heterocycles. The Hall–Kier alpha value is -2.92. The van der Waals surface area contributed by atoms with Gasteiger partial charge >= 0.3 is 0 Å². The van der Waals surface area contributed by atoms with Crippen LogP contribution in [0.4, 0.5) is 5.69 Å². The van der Waals surface area contributed by atoms with Crippen LogP contribution in [0.3, 0.4) is 0 Å². The van der Waals surface area contributed by atoms with E-state index in [2.05, 4.69) is 21.6 Å². The number of amides is 1. The van der Waals surface area contributed by atoms with Gasteiger partial charge in [0.1, 0.15) is 5.75 Å². The van der Waals surface area contributed by atoms with Crippen molar-refractivity contribution in [3.8, 4) is 11.4 Å². The molecule has 1 amide bonds. The van der Waals surface area contributed by atoms with Gasteiger partial charge in [-0.25, -0.2) is 0 Å². The molecule has 0 saturated carbocycles. The van der Waals surface area contributed by atoms with Crippen molar-refractivity contribution in [1.29, 1.82) is 0 Å². The molecule has 4 rings (SSSR count). The second-order valence-corrected chi connectivity index (χ2v) is 7.79. The minimum absolute atomic E-state index is 0.0590. The first kappa shape index (κ1) is 19.4. The fourth-order valence-corrected chi connectivity index (χ4v) is 4.14. The van der Waals surface area contributed by atoms with Gasteiger partial charge in [-0.1, -0.05) is 23.7 Å². The first-order valence-electron chi connectivity index (χ1n) is 9.73. The number of aryl methyl sites for hydroxylation is 2. The lowest BCUT2D eigenvalue weighted by atomic mass is 10.1. The highest BCUT2D eigenvalue weighted by atomic mass is 35.5. The maximum absolute atomic E-state index is 13.2. The zero-order chi connectivity index (χ0) is 20.5. The molecule has 0 spiro atoms. The summed E-state index contributed by atoms with van der Waals surface area (Å²) in [4.78, 5) is 17.1. The summed E-state index contributed by atoms with van der Waals surface area (Å²) in [6, 6.07) is 17.0. The zero-order valence-corrected chi connectivity index (χ0v) is 17.4. The topological polar surface area (TPSA) is 48.7 Å². The maximum Gasteiger partial charge on any atom is 0.255 e. The van der Waals surface area contributed by atoms with Crippen LogP contribution in [0, 0.1) is 13.8 Å². The number of aromatic hydroxyl groups is 1. The summed E-state index contributed by atoms with van der Waals surface area (Å²) in [5.41, 5.74) is 4.48. The predicted octanol–water partition coefficient (Wildman–Crippen LogP) is 4.42. The number of piperazine rings is 1. The minimum Gasteiger partial charge on any atom is -0.506 e. The average molecular weight is 410 g/mol. The summed E-state index contributed by atoms with van der Waals surface area (Å²) >= 11 is 6.40. The quantitative estimate of drug-likeness (QED) is 0.696. The van der Waals surface area contributed by atoms with E-state index in [4.69, 9.17) is 11.6 Å². The lowest BCUT2D eigenvalue weighted by Crippen LogP contribution is -2.48. The number of rotatable bonds is 3. The minimum atomic E-state index is -0.0590. The Bertz CT molecular complexity index is 1030. The Balaban J connectivity index is 1.53. The van der Waals surface area contributed by atoms with Crippen LogP contribution in [0.25, 0.3) is 5.69 Å². The van der Waals surface area contributed by atoms with Crippen molar-refractivity contribution in [2.24, 2.45) is 0 Å². The Labute approximate surface area is 175 Å². The van der Waals surface area contributed by atoms with Crippen LogP contribution in [0.1, 0.15) is 21.7 Å². The van der Waals surface area contributed by atoms with E-state index in [-0.39, 0.29) is 11.7 Å². The van der Waals surface area contributed by atoms with Crippen molar-refractivity contribution in [2.45, 2.75) is 13.8 Å². The molecule has 29 heavy (non-hydrogen) atoms. The third-order valence-electron chi connectivity index (χ3n) is 5.50. The van der Waals surface area contributed by atoms with E-state index >= 15 is 0 Å². The second-order valence-electron chi connectivity index (χ2n) is 7.38. The molecule has 0 unspecified atom stereocenters. The number of phenols is 1. The van der Waals surface area contributed by atoms with Gasteiger partial charge in [-0.2, -0.15) is 0 Å².